The van der Waals surface area contributed by atoms with Gasteiger partial charge in [-0.25, -0.2) is 9.78 Å². The minimum Gasteiger partial charge on any atom is -0.422 e. The molecule has 0 radical (unpaired) electrons. The summed E-state index contributed by atoms with van der Waals surface area (Å²) in [4.78, 5) is 28.8. The van der Waals surface area contributed by atoms with Crippen LogP contribution in [0.15, 0.2) is 60.8 Å². The second kappa shape index (κ2) is 7.00. The Kier molecular flexibility index (Phi) is 4.39. The van der Waals surface area contributed by atoms with Gasteiger partial charge in [0.05, 0.1) is 10.2 Å². The number of anilines is 1. The molecular formula is C19H14N4O3S. The van der Waals surface area contributed by atoms with E-state index in [1.165, 1.54) is 16.0 Å². The average Bonchev–Trinajstić information content (AvgIpc) is 3.27. The largest absolute Gasteiger partial charge is 0.422 e. The summed E-state index contributed by atoms with van der Waals surface area (Å²) in [6, 6.07) is 15.5. The van der Waals surface area contributed by atoms with E-state index in [2.05, 4.69) is 15.4 Å². The summed E-state index contributed by atoms with van der Waals surface area (Å²) in [5.41, 5.74) is 1.50. The Labute approximate surface area is 158 Å². The molecule has 0 saturated heterocycles. The summed E-state index contributed by atoms with van der Waals surface area (Å²) in [5, 5.41) is 7.31. The molecular weight excluding hydrogens is 364 g/mol. The number of hydrogen-bond donors (Lipinski definition) is 1. The SMILES string of the molecule is Cn1ccc(C(=O)Oc2ccc(C(=O)Nc3nc4ccccc4s3)cc2)n1. The van der Waals surface area contributed by atoms with E-state index in [-0.39, 0.29) is 11.6 Å². The summed E-state index contributed by atoms with van der Waals surface area (Å²) in [7, 11) is 1.72. The van der Waals surface area contributed by atoms with E-state index in [1.807, 2.05) is 24.3 Å². The van der Waals surface area contributed by atoms with Gasteiger partial charge in [-0.15, -0.1) is 0 Å². The minimum absolute atomic E-state index is 0.218. The van der Waals surface area contributed by atoms with Crippen LogP contribution >= 0.6 is 11.3 Å². The number of hydrogen-bond acceptors (Lipinski definition) is 6. The number of fused-ring (bicyclic) bond motifs is 1. The normalized spacial score (nSPS) is 10.7. The third-order valence-corrected chi connectivity index (χ3v) is 4.72. The lowest BCUT2D eigenvalue weighted by Crippen LogP contribution is -2.12. The first-order chi connectivity index (χ1) is 13.1. The predicted octanol–water partition coefficient (Wildman–Crippen LogP) is 3.50. The number of aromatic nitrogens is 3. The Morgan fingerprint density at radius 2 is 1.85 bits per heavy atom. The fraction of sp³-hybridized carbons (Fsp3) is 0.0526. The Hall–Kier alpha value is -3.52. The molecule has 1 amide bonds. The van der Waals surface area contributed by atoms with E-state index in [4.69, 9.17) is 4.74 Å². The molecule has 4 aromatic rings. The molecule has 0 fully saturated rings. The van der Waals surface area contributed by atoms with E-state index in [1.54, 1.807) is 43.6 Å². The second-order valence-corrected chi connectivity index (χ2v) is 6.76. The quantitative estimate of drug-likeness (QED) is 0.434. The summed E-state index contributed by atoms with van der Waals surface area (Å²) in [6.45, 7) is 0. The van der Waals surface area contributed by atoms with Gasteiger partial charge in [0, 0.05) is 18.8 Å². The fourth-order valence-electron chi connectivity index (χ4n) is 2.45. The van der Waals surface area contributed by atoms with Gasteiger partial charge in [-0.2, -0.15) is 5.10 Å². The van der Waals surface area contributed by atoms with Gasteiger partial charge in [0.15, 0.2) is 10.8 Å². The number of amides is 1. The number of nitrogens with one attached hydrogen (secondary N) is 1. The van der Waals surface area contributed by atoms with Gasteiger partial charge in [0.2, 0.25) is 0 Å². The Morgan fingerprint density at radius 3 is 2.56 bits per heavy atom. The first kappa shape index (κ1) is 16.9. The van der Waals surface area contributed by atoms with Crippen LogP contribution in [-0.4, -0.2) is 26.6 Å². The summed E-state index contributed by atoms with van der Waals surface area (Å²) >= 11 is 1.41. The molecule has 2 aromatic heterocycles. The average molecular weight is 378 g/mol. The topological polar surface area (TPSA) is 86.1 Å². The molecule has 8 heteroatoms. The van der Waals surface area contributed by atoms with Crippen LogP contribution in [0, 0.1) is 0 Å². The van der Waals surface area contributed by atoms with Crippen molar-refractivity contribution in [2.24, 2.45) is 7.05 Å². The first-order valence-corrected chi connectivity index (χ1v) is 8.89. The number of esters is 1. The highest BCUT2D eigenvalue weighted by molar-refractivity contribution is 7.22. The first-order valence-electron chi connectivity index (χ1n) is 8.07. The zero-order valence-electron chi connectivity index (χ0n) is 14.2. The maximum absolute atomic E-state index is 12.4. The zero-order valence-corrected chi connectivity index (χ0v) is 15.1. The smallest absolute Gasteiger partial charge is 0.364 e. The summed E-state index contributed by atoms with van der Waals surface area (Å²) in [6.07, 6.45) is 1.66. The second-order valence-electron chi connectivity index (χ2n) is 5.73. The van der Waals surface area contributed by atoms with Crippen LogP contribution in [-0.2, 0) is 7.05 Å². The number of rotatable bonds is 4. The Balaban J connectivity index is 1.43. The highest BCUT2D eigenvalue weighted by atomic mass is 32.1. The van der Waals surface area contributed by atoms with Crippen molar-refractivity contribution < 1.29 is 14.3 Å². The van der Waals surface area contributed by atoms with Crippen molar-refractivity contribution in [1.29, 1.82) is 0 Å². The van der Waals surface area contributed by atoms with E-state index >= 15 is 0 Å². The van der Waals surface area contributed by atoms with Gasteiger partial charge in [0.25, 0.3) is 5.91 Å². The van der Waals surface area contributed by atoms with Gasteiger partial charge in [0.1, 0.15) is 5.75 Å². The molecule has 0 aliphatic rings. The zero-order chi connectivity index (χ0) is 18.8. The third-order valence-electron chi connectivity index (χ3n) is 3.76. The summed E-state index contributed by atoms with van der Waals surface area (Å²) < 4.78 is 7.77. The number of thiazole rings is 1. The number of carbonyl (C=O) groups is 2. The van der Waals surface area contributed by atoms with Crippen molar-refractivity contribution in [3.63, 3.8) is 0 Å². The van der Waals surface area contributed by atoms with Gasteiger partial charge < -0.3 is 4.74 Å². The molecule has 4 rings (SSSR count). The highest BCUT2D eigenvalue weighted by Gasteiger charge is 2.13. The maximum Gasteiger partial charge on any atom is 0.364 e. The van der Waals surface area contributed by atoms with Crippen LogP contribution in [0.25, 0.3) is 10.2 Å². The van der Waals surface area contributed by atoms with Crippen molar-refractivity contribution in [2.75, 3.05) is 5.32 Å². The van der Waals surface area contributed by atoms with E-state index in [9.17, 15) is 9.59 Å². The van der Waals surface area contributed by atoms with Crippen LogP contribution in [0.3, 0.4) is 0 Å². The molecule has 0 atom stereocenters. The number of ether oxygens (including phenoxy) is 1. The number of aryl methyl sites for hydroxylation is 1. The van der Waals surface area contributed by atoms with Crippen LogP contribution in [0.2, 0.25) is 0 Å². The van der Waals surface area contributed by atoms with E-state index in [0.717, 1.165) is 10.2 Å². The van der Waals surface area contributed by atoms with E-state index in [0.29, 0.717) is 16.4 Å². The van der Waals surface area contributed by atoms with Crippen LogP contribution in [0.4, 0.5) is 5.13 Å². The number of benzene rings is 2. The fourth-order valence-corrected chi connectivity index (χ4v) is 3.31. The van der Waals surface area contributed by atoms with Crippen molar-refractivity contribution in [3.8, 4) is 5.75 Å². The lowest BCUT2D eigenvalue weighted by Gasteiger charge is -2.04. The van der Waals surface area contributed by atoms with Crippen LogP contribution < -0.4 is 10.1 Å². The molecule has 0 bridgehead atoms. The molecule has 0 unspecified atom stereocenters. The standard InChI is InChI=1S/C19H14N4O3S/c1-23-11-10-15(22-23)18(25)26-13-8-6-12(7-9-13)17(24)21-19-20-14-4-2-3-5-16(14)27-19/h2-11H,1H3,(H,20,21,24). The molecule has 0 aliphatic heterocycles. The maximum atomic E-state index is 12.4. The third kappa shape index (κ3) is 3.70. The van der Waals surface area contributed by atoms with Gasteiger partial charge in [-0.1, -0.05) is 23.5 Å². The lowest BCUT2D eigenvalue weighted by atomic mass is 10.2. The Morgan fingerprint density at radius 1 is 1.07 bits per heavy atom. The number of nitrogens with zero attached hydrogens (tertiary/aromatic N) is 3. The predicted molar refractivity (Wildman–Crippen MR) is 102 cm³/mol. The van der Waals surface area contributed by atoms with E-state index < -0.39 is 5.97 Å². The number of carbonyl (C=O) groups excluding carboxylic acids is 2. The minimum atomic E-state index is -0.553. The molecule has 27 heavy (non-hydrogen) atoms. The molecule has 0 aliphatic carbocycles. The van der Waals surface area contributed by atoms with Crippen LogP contribution in [0.5, 0.6) is 5.75 Å². The Bertz CT molecular complexity index is 1100. The summed E-state index contributed by atoms with van der Waals surface area (Å²) in [5.74, 6) is -0.499. The molecule has 2 heterocycles. The van der Waals surface area contributed by atoms with Gasteiger partial charge in [-0.05, 0) is 42.5 Å². The van der Waals surface area contributed by atoms with Crippen molar-refractivity contribution >= 4 is 38.6 Å². The molecule has 0 saturated carbocycles. The highest BCUT2D eigenvalue weighted by Crippen LogP contribution is 2.26. The molecule has 1 N–H and O–H groups in total. The molecule has 0 spiro atoms. The monoisotopic (exact) mass is 378 g/mol. The number of para-hydroxylation sites is 1. The van der Waals surface area contributed by atoms with Crippen molar-refractivity contribution in [2.45, 2.75) is 0 Å². The molecule has 2 aromatic carbocycles. The van der Waals surface area contributed by atoms with Gasteiger partial charge in [-0.3, -0.25) is 14.8 Å². The van der Waals surface area contributed by atoms with Crippen LogP contribution in [0.1, 0.15) is 20.8 Å². The van der Waals surface area contributed by atoms with Gasteiger partial charge >= 0.3 is 5.97 Å². The van der Waals surface area contributed by atoms with Crippen molar-refractivity contribution in [3.05, 3.63) is 72.1 Å². The molecule has 134 valence electrons. The molecule has 7 nitrogen and oxygen atoms in total. The lowest BCUT2D eigenvalue weighted by molar-refractivity contribution is 0.0727. The van der Waals surface area contributed by atoms with Crippen molar-refractivity contribution in [1.82, 2.24) is 14.8 Å².